The van der Waals surface area contributed by atoms with Crippen molar-refractivity contribution in [1.29, 1.82) is 0 Å². The molecule has 1 aromatic rings. The SMILES string of the molecule is Cc1nc(/C=C/C(=O)NC(C)C2(N3CCOCC3)CCCC2)cs1. The molecule has 1 saturated heterocycles. The van der Waals surface area contributed by atoms with E-state index in [0.29, 0.717) is 0 Å². The maximum atomic E-state index is 12.3. The molecule has 1 unspecified atom stereocenters. The topological polar surface area (TPSA) is 54.5 Å². The van der Waals surface area contributed by atoms with Crippen LogP contribution in [0.1, 0.15) is 43.3 Å². The monoisotopic (exact) mass is 349 g/mol. The molecule has 1 aliphatic carbocycles. The summed E-state index contributed by atoms with van der Waals surface area (Å²) in [7, 11) is 0. The first kappa shape index (κ1) is 17.6. The second-order valence-corrected chi connectivity index (χ2v) is 7.83. The van der Waals surface area contributed by atoms with E-state index < -0.39 is 0 Å². The first-order valence-electron chi connectivity index (χ1n) is 8.84. The van der Waals surface area contributed by atoms with E-state index in [-0.39, 0.29) is 17.5 Å². The molecule has 6 heteroatoms. The number of hydrogen-bond acceptors (Lipinski definition) is 5. The van der Waals surface area contributed by atoms with Gasteiger partial charge in [-0.05, 0) is 32.8 Å². The van der Waals surface area contributed by atoms with Gasteiger partial charge in [0.1, 0.15) is 0 Å². The summed E-state index contributed by atoms with van der Waals surface area (Å²) in [6.45, 7) is 7.65. The lowest BCUT2D eigenvalue weighted by Crippen LogP contribution is -2.62. The Morgan fingerprint density at radius 2 is 2.12 bits per heavy atom. The third-order valence-electron chi connectivity index (χ3n) is 5.32. The lowest BCUT2D eigenvalue weighted by molar-refractivity contribution is -0.118. The summed E-state index contributed by atoms with van der Waals surface area (Å²) in [6, 6.07) is 0.132. The Balaban J connectivity index is 1.63. The van der Waals surface area contributed by atoms with Gasteiger partial charge in [-0.25, -0.2) is 4.98 Å². The molecule has 2 fully saturated rings. The molecule has 5 nitrogen and oxygen atoms in total. The van der Waals surface area contributed by atoms with Crippen LogP contribution in [0.25, 0.3) is 6.08 Å². The van der Waals surface area contributed by atoms with Crippen molar-refractivity contribution < 1.29 is 9.53 Å². The van der Waals surface area contributed by atoms with Crippen molar-refractivity contribution in [3.63, 3.8) is 0 Å². The summed E-state index contributed by atoms with van der Waals surface area (Å²) >= 11 is 1.60. The van der Waals surface area contributed by atoms with E-state index in [1.54, 1.807) is 23.5 Å². The third-order valence-corrected chi connectivity index (χ3v) is 6.11. The predicted octanol–water partition coefficient (Wildman–Crippen LogP) is 2.61. The molecule has 24 heavy (non-hydrogen) atoms. The molecule has 1 amide bonds. The molecule has 0 spiro atoms. The quantitative estimate of drug-likeness (QED) is 0.830. The third kappa shape index (κ3) is 3.87. The van der Waals surface area contributed by atoms with Crippen LogP contribution >= 0.6 is 11.3 Å². The molecule has 1 saturated carbocycles. The normalized spacial score (nSPS) is 22.8. The molecule has 1 N–H and O–H groups in total. The van der Waals surface area contributed by atoms with Crippen LogP contribution in [0, 0.1) is 6.92 Å². The van der Waals surface area contributed by atoms with Crippen molar-refractivity contribution in [3.8, 4) is 0 Å². The fraction of sp³-hybridized carbons (Fsp3) is 0.667. The summed E-state index contributed by atoms with van der Waals surface area (Å²) in [5.41, 5.74) is 0.939. The van der Waals surface area contributed by atoms with Crippen LogP contribution in [-0.2, 0) is 9.53 Å². The average Bonchev–Trinajstić information content (AvgIpc) is 3.23. The average molecular weight is 350 g/mol. The summed E-state index contributed by atoms with van der Waals surface area (Å²) < 4.78 is 5.51. The van der Waals surface area contributed by atoms with Gasteiger partial charge in [0.15, 0.2) is 0 Å². The van der Waals surface area contributed by atoms with Crippen LogP contribution in [0.3, 0.4) is 0 Å². The molecule has 132 valence electrons. The highest BCUT2D eigenvalue weighted by molar-refractivity contribution is 7.09. The first-order valence-corrected chi connectivity index (χ1v) is 9.72. The zero-order chi connectivity index (χ0) is 17.0. The Labute approximate surface area is 148 Å². The van der Waals surface area contributed by atoms with E-state index in [2.05, 4.69) is 22.1 Å². The van der Waals surface area contributed by atoms with E-state index in [1.165, 1.54) is 12.8 Å². The van der Waals surface area contributed by atoms with Crippen LogP contribution in [0.2, 0.25) is 0 Å². The summed E-state index contributed by atoms with van der Waals surface area (Å²) in [5.74, 6) is -0.0345. The van der Waals surface area contributed by atoms with E-state index in [0.717, 1.165) is 49.8 Å². The number of thiazole rings is 1. The van der Waals surface area contributed by atoms with Gasteiger partial charge in [0.25, 0.3) is 0 Å². The number of nitrogens with zero attached hydrogens (tertiary/aromatic N) is 2. The van der Waals surface area contributed by atoms with Crippen molar-refractivity contribution in [2.24, 2.45) is 0 Å². The Kier molecular flexibility index (Phi) is 5.69. The van der Waals surface area contributed by atoms with Crippen LogP contribution < -0.4 is 5.32 Å². The molecular weight excluding hydrogens is 322 g/mol. The zero-order valence-electron chi connectivity index (χ0n) is 14.6. The number of hydrogen-bond donors (Lipinski definition) is 1. The van der Waals surface area contributed by atoms with E-state index in [4.69, 9.17) is 4.74 Å². The second-order valence-electron chi connectivity index (χ2n) is 6.77. The van der Waals surface area contributed by atoms with Crippen molar-refractivity contribution in [1.82, 2.24) is 15.2 Å². The van der Waals surface area contributed by atoms with Gasteiger partial charge in [-0.1, -0.05) is 12.8 Å². The van der Waals surface area contributed by atoms with Gasteiger partial charge in [-0.2, -0.15) is 0 Å². The van der Waals surface area contributed by atoms with Crippen molar-refractivity contribution in [2.75, 3.05) is 26.3 Å². The van der Waals surface area contributed by atoms with Gasteiger partial charge in [-0.3, -0.25) is 9.69 Å². The van der Waals surface area contributed by atoms with Gasteiger partial charge in [0.2, 0.25) is 5.91 Å². The minimum atomic E-state index is -0.0345. The highest BCUT2D eigenvalue weighted by Gasteiger charge is 2.44. The molecule has 2 aliphatic rings. The number of amides is 1. The van der Waals surface area contributed by atoms with E-state index in [1.807, 2.05) is 12.3 Å². The standard InChI is InChI=1S/C18H27N3O2S/c1-14(19-17(22)6-5-16-13-24-15(2)20-16)18(7-3-4-8-18)21-9-11-23-12-10-21/h5-6,13-14H,3-4,7-12H2,1-2H3,(H,19,22)/b6-5+. The van der Waals surface area contributed by atoms with Gasteiger partial charge < -0.3 is 10.1 Å². The van der Waals surface area contributed by atoms with Crippen LogP contribution in [0.15, 0.2) is 11.5 Å². The number of aryl methyl sites for hydroxylation is 1. The summed E-state index contributed by atoms with van der Waals surface area (Å²) in [6.07, 6.45) is 8.19. The number of morpholine rings is 1. The van der Waals surface area contributed by atoms with E-state index in [9.17, 15) is 4.79 Å². The van der Waals surface area contributed by atoms with E-state index >= 15 is 0 Å². The highest BCUT2D eigenvalue weighted by Crippen LogP contribution is 2.38. The first-order chi connectivity index (χ1) is 11.6. The highest BCUT2D eigenvalue weighted by atomic mass is 32.1. The number of carbonyl (C=O) groups excluding carboxylic acids is 1. The second kappa shape index (κ2) is 7.76. The molecule has 1 aliphatic heterocycles. The van der Waals surface area contributed by atoms with Crippen LogP contribution in [0.4, 0.5) is 0 Å². The number of nitrogens with one attached hydrogen (secondary N) is 1. The Hall–Kier alpha value is -1.24. The molecule has 2 heterocycles. The fourth-order valence-electron chi connectivity index (χ4n) is 4.03. The lowest BCUT2D eigenvalue weighted by atomic mass is 9.86. The van der Waals surface area contributed by atoms with Crippen molar-refractivity contribution in [3.05, 3.63) is 22.2 Å². The molecule has 0 bridgehead atoms. The summed E-state index contributed by atoms with van der Waals surface area (Å²) in [4.78, 5) is 19.2. The smallest absolute Gasteiger partial charge is 0.244 e. The lowest BCUT2D eigenvalue weighted by Gasteiger charge is -2.47. The number of rotatable bonds is 5. The van der Waals surface area contributed by atoms with Gasteiger partial charge in [0, 0.05) is 36.1 Å². The number of aromatic nitrogens is 1. The molecule has 0 radical (unpaired) electrons. The maximum Gasteiger partial charge on any atom is 0.244 e. The molecule has 0 aromatic carbocycles. The largest absolute Gasteiger partial charge is 0.379 e. The minimum absolute atomic E-state index is 0.0345. The maximum absolute atomic E-state index is 12.3. The Morgan fingerprint density at radius 3 is 2.75 bits per heavy atom. The molecular formula is C18H27N3O2S. The minimum Gasteiger partial charge on any atom is -0.379 e. The fourth-order valence-corrected chi connectivity index (χ4v) is 4.61. The van der Waals surface area contributed by atoms with Gasteiger partial charge in [0.05, 0.1) is 23.9 Å². The molecule has 3 rings (SSSR count). The van der Waals surface area contributed by atoms with Gasteiger partial charge >= 0.3 is 0 Å². The van der Waals surface area contributed by atoms with Crippen molar-refractivity contribution in [2.45, 2.75) is 51.1 Å². The van der Waals surface area contributed by atoms with Gasteiger partial charge in [-0.15, -0.1) is 11.3 Å². The Morgan fingerprint density at radius 1 is 1.42 bits per heavy atom. The van der Waals surface area contributed by atoms with Crippen molar-refractivity contribution >= 4 is 23.3 Å². The number of ether oxygens (including phenoxy) is 1. The molecule has 1 aromatic heterocycles. The zero-order valence-corrected chi connectivity index (χ0v) is 15.4. The van der Waals surface area contributed by atoms with Crippen LogP contribution in [-0.4, -0.2) is 53.7 Å². The van der Waals surface area contributed by atoms with Crippen LogP contribution in [0.5, 0.6) is 0 Å². The molecule has 1 atom stereocenters. The summed E-state index contributed by atoms with van der Waals surface area (Å²) in [5, 5.41) is 6.19. The Bertz CT molecular complexity index is 587. The number of carbonyl (C=O) groups is 1. The predicted molar refractivity (Wildman–Crippen MR) is 97.1 cm³/mol.